The van der Waals surface area contributed by atoms with Crippen LogP contribution in [0.3, 0.4) is 0 Å². The molecule has 25 heavy (non-hydrogen) atoms. The molecule has 1 aromatic rings. The quantitative estimate of drug-likeness (QED) is 0.650. The van der Waals surface area contributed by atoms with Crippen LogP contribution in [0.1, 0.15) is 33.3 Å². The van der Waals surface area contributed by atoms with E-state index in [-0.39, 0.29) is 13.0 Å². The molecule has 0 aliphatic heterocycles. The van der Waals surface area contributed by atoms with Crippen molar-refractivity contribution in [3.63, 3.8) is 0 Å². The maximum Gasteiger partial charge on any atom is 0.422 e. The van der Waals surface area contributed by atoms with Crippen molar-refractivity contribution in [1.29, 1.82) is 0 Å². The van der Waals surface area contributed by atoms with Gasteiger partial charge in [0.25, 0.3) is 0 Å². The second-order valence-electron chi connectivity index (χ2n) is 6.98. The van der Waals surface area contributed by atoms with Gasteiger partial charge in [0.1, 0.15) is 11.6 Å². The average molecular weight is 359 g/mol. The third-order valence-electron chi connectivity index (χ3n) is 3.75. The molecule has 4 N–H and O–H groups in total. The number of halogens is 2. The van der Waals surface area contributed by atoms with Gasteiger partial charge in [0, 0.05) is 25.2 Å². The van der Waals surface area contributed by atoms with Gasteiger partial charge in [-0.05, 0) is 44.9 Å². The number of hydrogen-bond acceptors (Lipinski definition) is 4. The van der Waals surface area contributed by atoms with E-state index in [1.165, 1.54) is 5.01 Å². The first-order valence-electron chi connectivity index (χ1n) is 8.12. The Morgan fingerprint density at radius 3 is 2.16 bits per heavy atom. The predicted octanol–water partition coefficient (Wildman–Crippen LogP) is 2.21. The van der Waals surface area contributed by atoms with E-state index in [4.69, 9.17) is 5.73 Å². The molecule has 0 aromatic heterocycles. The van der Waals surface area contributed by atoms with E-state index in [9.17, 15) is 23.8 Å². The van der Waals surface area contributed by atoms with Crippen LogP contribution in [0.25, 0.3) is 0 Å². The number of hydrogen-bond donors (Lipinski definition) is 3. The lowest BCUT2D eigenvalue weighted by molar-refractivity contribution is -0.0840. The van der Waals surface area contributed by atoms with E-state index < -0.39 is 35.4 Å². The molecule has 0 bridgehead atoms. The molecule has 1 rings (SSSR count). The third-order valence-corrected chi connectivity index (χ3v) is 3.75. The Morgan fingerprint density at radius 2 is 1.76 bits per heavy atom. The molecule has 0 spiro atoms. The zero-order valence-corrected chi connectivity index (χ0v) is 15.0. The Balaban J connectivity index is 2.83. The van der Waals surface area contributed by atoms with Crippen molar-refractivity contribution in [3.05, 3.63) is 35.4 Å². The summed E-state index contributed by atoms with van der Waals surface area (Å²) in [4.78, 5) is 11.6. The van der Waals surface area contributed by atoms with Crippen LogP contribution < -0.4 is 5.73 Å². The van der Waals surface area contributed by atoms with Gasteiger partial charge in [-0.25, -0.2) is 23.6 Å². The number of nitrogens with two attached hydrogens (primary N) is 1. The van der Waals surface area contributed by atoms with Crippen LogP contribution in [0, 0.1) is 11.6 Å². The number of likely N-dealkylation sites (N-methyl/N-ethyl adjacent to an activating group) is 1. The second kappa shape index (κ2) is 8.55. The monoisotopic (exact) mass is 359 g/mol. The highest BCUT2D eigenvalue weighted by Crippen LogP contribution is 2.18. The fraction of sp³-hybridized carbons (Fsp3) is 0.588. The second-order valence-corrected chi connectivity index (χ2v) is 6.98. The van der Waals surface area contributed by atoms with E-state index in [0.29, 0.717) is 12.1 Å². The Kier molecular flexibility index (Phi) is 7.28. The number of carbonyl (C=O) groups is 1. The van der Waals surface area contributed by atoms with Gasteiger partial charge in [-0.2, -0.15) is 0 Å². The number of benzene rings is 1. The molecule has 0 heterocycles. The molecule has 1 aromatic carbocycles. The topological polar surface area (TPSA) is 90.0 Å². The first-order chi connectivity index (χ1) is 11.5. The van der Waals surface area contributed by atoms with Crippen molar-refractivity contribution in [3.8, 4) is 0 Å². The van der Waals surface area contributed by atoms with Crippen LogP contribution in [0.5, 0.6) is 0 Å². The minimum absolute atomic E-state index is 0.0148. The van der Waals surface area contributed by atoms with Gasteiger partial charge in [0.2, 0.25) is 0 Å². The van der Waals surface area contributed by atoms with Crippen molar-refractivity contribution in [2.75, 3.05) is 13.1 Å². The molecule has 142 valence electrons. The summed E-state index contributed by atoms with van der Waals surface area (Å²) in [7, 11) is 0. The minimum atomic E-state index is -1.14. The largest absolute Gasteiger partial charge is 0.464 e. The van der Waals surface area contributed by atoms with Crippen molar-refractivity contribution < 1.29 is 23.8 Å². The van der Waals surface area contributed by atoms with Crippen molar-refractivity contribution >= 4 is 6.09 Å². The molecule has 0 unspecified atom stereocenters. The van der Waals surface area contributed by atoms with Gasteiger partial charge in [-0.1, -0.05) is 6.92 Å². The minimum Gasteiger partial charge on any atom is -0.464 e. The fourth-order valence-corrected chi connectivity index (χ4v) is 2.67. The van der Waals surface area contributed by atoms with Crippen molar-refractivity contribution in [2.45, 2.75) is 51.8 Å². The average Bonchev–Trinajstić information content (AvgIpc) is 2.43. The zero-order chi connectivity index (χ0) is 19.4. The molecular formula is C17H27F2N3O3. The van der Waals surface area contributed by atoms with E-state index in [2.05, 4.69) is 0 Å². The highest BCUT2D eigenvalue weighted by molar-refractivity contribution is 5.65. The summed E-state index contributed by atoms with van der Waals surface area (Å²) in [5.74, 6) is -1.42. The van der Waals surface area contributed by atoms with Crippen LogP contribution in [0.2, 0.25) is 0 Å². The summed E-state index contributed by atoms with van der Waals surface area (Å²) in [6.45, 7) is 7.33. The number of aliphatic hydroxyl groups excluding tert-OH is 1. The lowest BCUT2D eigenvalue weighted by Crippen LogP contribution is -2.58. The van der Waals surface area contributed by atoms with E-state index in [1.54, 1.807) is 27.7 Å². The summed E-state index contributed by atoms with van der Waals surface area (Å²) in [6, 6.07) is 2.28. The van der Waals surface area contributed by atoms with Gasteiger partial charge >= 0.3 is 6.09 Å². The molecule has 0 radical (unpaired) electrons. The Labute approximate surface area is 146 Å². The SMILES string of the molecule is CCN(C[C@H](O)[C@@H](N)Cc1cc(F)cc(F)c1)N(C(=O)O)C(C)(C)C. The molecule has 0 fully saturated rings. The number of hydrazine groups is 1. The van der Waals surface area contributed by atoms with Crippen LogP contribution >= 0.6 is 0 Å². The maximum atomic E-state index is 13.2. The van der Waals surface area contributed by atoms with Gasteiger partial charge in [0.15, 0.2) is 0 Å². The van der Waals surface area contributed by atoms with E-state index in [0.717, 1.165) is 23.2 Å². The normalized spacial score (nSPS) is 14.4. The fourth-order valence-electron chi connectivity index (χ4n) is 2.67. The van der Waals surface area contributed by atoms with E-state index in [1.807, 2.05) is 0 Å². The molecule has 1 amide bonds. The third kappa shape index (κ3) is 6.22. The molecule has 0 saturated heterocycles. The summed E-state index contributed by atoms with van der Waals surface area (Å²) >= 11 is 0. The van der Waals surface area contributed by atoms with Crippen LogP contribution in [0.4, 0.5) is 13.6 Å². The standard InChI is InChI=1S/C17H27F2N3O3/c1-5-21(22(16(24)25)17(2,3)4)10-15(23)14(20)8-11-6-12(18)9-13(19)7-11/h6-7,9,14-15,23H,5,8,10,20H2,1-4H3,(H,24,25)/t14-,15-/m0/s1. The van der Waals surface area contributed by atoms with Crippen LogP contribution in [0.15, 0.2) is 18.2 Å². The van der Waals surface area contributed by atoms with Crippen molar-refractivity contribution in [1.82, 2.24) is 10.0 Å². The highest BCUT2D eigenvalue weighted by Gasteiger charge is 2.33. The highest BCUT2D eigenvalue weighted by atomic mass is 19.1. The smallest absolute Gasteiger partial charge is 0.422 e. The van der Waals surface area contributed by atoms with E-state index >= 15 is 0 Å². The molecule has 0 aliphatic carbocycles. The first-order valence-corrected chi connectivity index (χ1v) is 8.12. The number of amides is 1. The summed E-state index contributed by atoms with van der Waals surface area (Å²) < 4.78 is 26.5. The van der Waals surface area contributed by atoms with Gasteiger partial charge in [0.05, 0.1) is 11.6 Å². The maximum absolute atomic E-state index is 13.2. The first kappa shape index (κ1) is 21.3. The number of rotatable bonds is 7. The van der Waals surface area contributed by atoms with Gasteiger partial charge < -0.3 is 15.9 Å². The molecule has 0 saturated carbocycles. The zero-order valence-electron chi connectivity index (χ0n) is 15.0. The van der Waals surface area contributed by atoms with Crippen LogP contribution in [-0.2, 0) is 6.42 Å². The predicted molar refractivity (Wildman–Crippen MR) is 90.9 cm³/mol. The lowest BCUT2D eigenvalue weighted by atomic mass is 10.0. The number of aliphatic hydroxyl groups is 1. The number of nitrogens with zero attached hydrogens (tertiary/aromatic N) is 2. The Morgan fingerprint density at radius 1 is 1.24 bits per heavy atom. The molecule has 8 heteroatoms. The molecule has 2 atom stereocenters. The molecule has 6 nitrogen and oxygen atoms in total. The number of carboxylic acid groups (broad SMARTS) is 1. The van der Waals surface area contributed by atoms with Gasteiger partial charge in [-0.15, -0.1) is 0 Å². The van der Waals surface area contributed by atoms with Crippen LogP contribution in [-0.4, -0.2) is 57.1 Å². The summed E-state index contributed by atoms with van der Waals surface area (Å²) in [6.07, 6.45) is -2.14. The Bertz CT molecular complexity index is 573. The Hall–Kier alpha value is -1.77. The molecule has 0 aliphatic rings. The van der Waals surface area contributed by atoms with Crippen molar-refractivity contribution in [2.24, 2.45) is 5.73 Å². The lowest BCUT2D eigenvalue weighted by Gasteiger charge is -2.42. The summed E-state index contributed by atoms with van der Waals surface area (Å²) in [5, 5.41) is 22.4. The van der Waals surface area contributed by atoms with Gasteiger partial charge in [-0.3, -0.25) is 0 Å². The summed E-state index contributed by atoms with van der Waals surface area (Å²) in [5.41, 5.74) is 5.58. The molecular weight excluding hydrogens is 332 g/mol.